The van der Waals surface area contributed by atoms with Crippen molar-refractivity contribution in [1.82, 2.24) is 10.6 Å². The quantitative estimate of drug-likeness (QED) is 0.593. The number of hydrogen-bond donors (Lipinski definition) is 2. The molecular weight excluding hydrogens is 370 g/mol. The van der Waals surface area contributed by atoms with Gasteiger partial charge in [-0.1, -0.05) is 60.7 Å². The van der Waals surface area contributed by atoms with Gasteiger partial charge in [0, 0.05) is 50.4 Å². The highest BCUT2D eigenvalue weighted by atomic mass is 16.1. The van der Waals surface area contributed by atoms with Gasteiger partial charge in [0.2, 0.25) is 0 Å². The second-order valence-corrected chi connectivity index (χ2v) is 8.14. The van der Waals surface area contributed by atoms with E-state index in [2.05, 4.69) is 66.0 Å². The number of rotatable bonds is 8. The minimum absolute atomic E-state index is 0.0313. The van der Waals surface area contributed by atoms with Crippen LogP contribution in [0.1, 0.15) is 39.4 Å². The molecular formula is C26H29N3O. The third-order valence-corrected chi connectivity index (χ3v) is 5.72. The number of benzene rings is 3. The van der Waals surface area contributed by atoms with E-state index in [0.29, 0.717) is 24.1 Å². The summed E-state index contributed by atoms with van der Waals surface area (Å²) < 4.78 is 0. The van der Waals surface area contributed by atoms with E-state index in [9.17, 15) is 4.79 Å². The minimum Gasteiger partial charge on any atom is -0.377 e. The largest absolute Gasteiger partial charge is 0.377 e. The molecule has 2 atom stereocenters. The van der Waals surface area contributed by atoms with E-state index in [0.717, 1.165) is 18.5 Å². The Balaban J connectivity index is 1.28. The molecule has 1 fully saturated rings. The van der Waals surface area contributed by atoms with Gasteiger partial charge in [-0.05, 0) is 41.3 Å². The normalized spacial score (nSPS) is 17.4. The van der Waals surface area contributed by atoms with Crippen LogP contribution in [0.15, 0.2) is 78.9 Å². The number of carbonyl (C=O) groups excluding carboxylic acids is 1. The standard InChI is InChI=1S/C26H29N3O/c1-29(2)25-11-7-6-10-22(25)18-27-24-16-23(24)20-12-14-21(15-13-20)26(30)28-17-19-8-4-3-5-9-19/h3-15,23-24,27H,16-18H2,1-2H3,(H,28,30)/t23-,24+/m0/s1. The fourth-order valence-electron chi connectivity index (χ4n) is 3.89. The topological polar surface area (TPSA) is 44.4 Å². The van der Waals surface area contributed by atoms with Crippen LogP contribution in [0, 0.1) is 0 Å². The molecule has 0 bridgehead atoms. The van der Waals surface area contributed by atoms with Crippen LogP contribution in [0.4, 0.5) is 5.69 Å². The minimum atomic E-state index is -0.0313. The van der Waals surface area contributed by atoms with Crippen molar-refractivity contribution in [2.75, 3.05) is 19.0 Å². The number of nitrogens with zero attached hydrogens (tertiary/aromatic N) is 1. The number of nitrogens with one attached hydrogen (secondary N) is 2. The van der Waals surface area contributed by atoms with E-state index < -0.39 is 0 Å². The first-order valence-electron chi connectivity index (χ1n) is 10.5. The summed E-state index contributed by atoms with van der Waals surface area (Å²) in [5, 5.41) is 6.67. The highest BCUT2D eigenvalue weighted by Crippen LogP contribution is 2.41. The average molecular weight is 400 g/mol. The fourth-order valence-corrected chi connectivity index (χ4v) is 3.89. The van der Waals surface area contributed by atoms with Crippen molar-refractivity contribution in [3.05, 3.63) is 101 Å². The second-order valence-electron chi connectivity index (χ2n) is 8.14. The molecule has 3 aromatic rings. The Morgan fingerprint density at radius 2 is 1.60 bits per heavy atom. The van der Waals surface area contributed by atoms with Gasteiger partial charge in [0.25, 0.3) is 5.91 Å². The number of hydrogen-bond acceptors (Lipinski definition) is 3. The van der Waals surface area contributed by atoms with Crippen LogP contribution in [-0.4, -0.2) is 26.0 Å². The molecule has 0 saturated heterocycles. The summed E-state index contributed by atoms with van der Waals surface area (Å²) in [7, 11) is 4.16. The van der Waals surface area contributed by atoms with Gasteiger partial charge in [0.15, 0.2) is 0 Å². The molecule has 1 aliphatic carbocycles. The molecule has 0 aliphatic heterocycles. The molecule has 0 aromatic heterocycles. The van der Waals surface area contributed by atoms with Crippen LogP contribution in [0.2, 0.25) is 0 Å². The van der Waals surface area contributed by atoms with E-state index in [1.807, 2.05) is 42.5 Å². The summed E-state index contributed by atoms with van der Waals surface area (Å²) in [5.74, 6) is 0.495. The van der Waals surface area contributed by atoms with Gasteiger partial charge in [0.1, 0.15) is 0 Å². The third kappa shape index (κ3) is 4.89. The lowest BCUT2D eigenvalue weighted by Crippen LogP contribution is -2.22. The molecule has 4 heteroatoms. The molecule has 3 aromatic carbocycles. The van der Waals surface area contributed by atoms with Gasteiger partial charge in [0.05, 0.1) is 0 Å². The predicted molar refractivity (Wildman–Crippen MR) is 123 cm³/mol. The van der Waals surface area contributed by atoms with E-state index in [4.69, 9.17) is 0 Å². The first-order chi connectivity index (χ1) is 14.6. The smallest absolute Gasteiger partial charge is 0.251 e. The molecule has 154 valence electrons. The molecule has 0 spiro atoms. The van der Waals surface area contributed by atoms with Crippen LogP contribution in [-0.2, 0) is 13.1 Å². The van der Waals surface area contributed by atoms with Crippen LogP contribution in [0.3, 0.4) is 0 Å². The maximum absolute atomic E-state index is 12.4. The monoisotopic (exact) mass is 399 g/mol. The van der Waals surface area contributed by atoms with Crippen molar-refractivity contribution in [2.45, 2.75) is 31.5 Å². The maximum Gasteiger partial charge on any atom is 0.251 e. The molecule has 4 rings (SSSR count). The highest BCUT2D eigenvalue weighted by Gasteiger charge is 2.37. The van der Waals surface area contributed by atoms with Gasteiger partial charge in [-0.25, -0.2) is 0 Å². The second kappa shape index (κ2) is 9.14. The Morgan fingerprint density at radius 3 is 2.33 bits per heavy atom. The first kappa shape index (κ1) is 20.2. The fraction of sp³-hybridized carbons (Fsp3) is 0.269. The zero-order chi connectivity index (χ0) is 20.9. The average Bonchev–Trinajstić information content (AvgIpc) is 3.57. The van der Waals surface area contributed by atoms with Crippen molar-refractivity contribution in [1.29, 1.82) is 0 Å². The van der Waals surface area contributed by atoms with Gasteiger partial charge in [-0.2, -0.15) is 0 Å². The highest BCUT2D eigenvalue weighted by molar-refractivity contribution is 5.94. The summed E-state index contributed by atoms with van der Waals surface area (Å²) in [6.07, 6.45) is 1.14. The zero-order valence-electron chi connectivity index (χ0n) is 17.6. The Kier molecular flexibility index (Phi) is 6.15. The molecule has 4 nitrogen and oxygen atoms in total. The number of anilines is 1. The van der Waals surface area contributed by atoms with Gasteiger partial charge in [-0.15, -0.1) is 0 Å². The molecule has 0 radical (unpaired) electrons. The molecule has 1 saturated carbocycles. The Morgan fingerprint density at radius 1 is 0.900 bits per heavy atom. The lowest BCUT2D eigenvalue weighted by Gasteiger charge is -2.17. The molecule has 30 heavy (non-hydrogen) atoms. The molecule has 0 heterocycles. The van der Waals surface area contributed by atoms with Gasteiger partial charge >= 0.3 is 0 Å². The summed E-state index contributed by atoms with van der Waals surface area (Å²) in [6, 6.07) is 27.0. The molecule has 2 N–H and O–H groups in total. The first-order valence-corrected chi connectivity index (χ1v) is 10.5. The van der Waals surface area contributed by atoms with Crippen molar-refractivity contribution < 1.29 is 4.79 Å². The third-order valence-electron chi connectivity index (χ3n) is 5.72. The summed E-state index contributed by atoms with van der Waals surface area (Å²) in [4.78, 5) is 14.6. The van der Waals surface area contributed by atoms with E-state index in [1.165, 1.54) is 16.8 Å². The van der Waals surface area contributed by atoms with Crippen molar-refractivity contribution in [3.63, 3.8) is 0 Å². The van der Waals surface area contributed by atoms with Crippen LogP contribution in [0.5, 0.6) is 0 Å². The molecule has 1 aliphatic rings. The molecule has 0 unspecified atom stereocenters. The van der Waals surface area contributed by atoms with Crippen molar-refractivity contribution >= 4 is 11.6 Å². The van der Waals surface area contributed by atoms with E-state index in [-0.39, 0.29) is 5.91 Å². The van der Waals surface area contributed by atoms with Crippen LogP contribution < -0.4 is 15.5 Å². The lowest BCUT2D eigenvalue weighted by molar-refractivity contribution is 0.0951. The number of carbonyl (C=O) groups is 1. The van der Waals surface area contributed by atoms with Crippen LogP contribution in [0.25, 0.3) is 0 Å². The number of para-hydroxylation sites is 1. The Bertz CT molecular complexity index is 983. The van der Waals surface area contributed by atoms with Crippen molar-refractivity contribution in [3.8, 4) is 0 Å². The van der Waals surface area contributed by atoms with Crippen molar-refractivity contribution in [2.24, 2.45) is 0 Å². The Hall–Kier alpha value is -3.11. The van der Waals surface area contributed by atoms with E-state index in [1.54, 1.807) is 0 Å². The lowest BCUT2D eigenvalue weighted by atomic mass is 10.1. The summed E-state index contributed by atoms with van der Waals surface area (Å²) in [5.41, 5.74) is 5.68. The summed E-state index contributed by atoms with van der Waals surface area (Å²) >= 11 is 0. The molecule has 1 amide bonds. The van der Waals surface area contributed by atoms with E-state index >= 15 is 0 Å². The zero-order valence-corrected chi connectivity index (χ0v) is 17.6. The van der Waals surface area contributed by atoms with Gasteiger partial charge < -0.3 is 15.5 Å². The van der Waals surface area contributed by atoms with Gasteiger partial charge in [-0.3, -0.25) is 4.79 Å². The van der Waals surface area contributed by atoms with Crippen LogP contribution >= 0.6 is 0 Å². The summed E-state index contributed by atoms with van der Waals surface area (Å²) in [6.45, 7) is 1.42. The predicted octanol–water partition coefficient (Wildman–Crippen LogP) is 4.33. The SMILES string of the molecule is CN(C)c1ccccc1CN[C@@H]1C[C@H]1c1ccc(C(=O)NCc2ccccc2)cc1. The maximum atomic E-state index is 12.4. The number of amides is 1. The Labute approximate surface area is 178 Å².